The number of nitrogens with one attached hydrogen (secondary N) is 1. The van der Waals surface area contributed by atoms with Gasteiger partial charge < -0.3 is 11.1 Å². The third-order valence-corrected chi connectivity index (χ3v) is 4.21. The summed E-state index contributed by atoms with van der Waals surface area (Å²) in [5, 5.41) is 15.2. The summed E-state index contributed by atoms with van der Waals surface area (Å²) in [7, 11) is 0. The monoisotopic (exact) mass is 352 g/mol. The van der Waals surface area contributed by atoms with Crippen LogP contribution < -0.4 is 11.1 Å². The molecule has 0 aliphatic heterocycles. The maximum absolute atomic E-state index is 12.3. The molecule has 1 amide bonds. The number of nitrogens with two attached hydrogens (primary N) is 1. The van der Waals surface area contributed by atoms with Crippen molar-refractivity contribution < 1.29 is 4.79 Å². The number of nitrogens with zero attached hydrogens (tertiary/aromatic N) is 4. The average Bonchev–Trinajstić information content (AvgIpc) is 3.09. The zero-order chi connectivity index (χ0) is 16.9. The van der Waals surface area contributed by atoms with Gasteiger partial charge in [-0.1, -0.05) is 44.2 Å². The first-order chi connectivity index (χ1) is 11.0. The van der Waals surface area contributed by atoms with Gasteiger partial charge in [0.1, 0.15) is 6.04 Å². The van der Waals surface area contributed by atoms with Crippen LogP contribution in [0.2, 0.25) is 0 Å². The van der Waals surface area contributed by atoms with E-state index in [1.54, 1.807) is 6.92 Å². The maximum Gasteiger partial charge on any atom is 0.246 e. The normalized spacial score (nSPS) is 12.3. The highest BCUT2D eigenvalue weighted by Crippen LogP contribution is 2.14. The predicted molar refractivity (Wildman–Crippen MR) is 95.7 cm³/mol. The van der Waals surface area contributed by atoms with E-state index in [1.807, 2.05) is 44.2 Å². The number of carbonyl (C=O) groups is 1. The highest BCUT2D eigenvalue weighted by atomic mass is 35.5. The quantitative estimate of drug-likeness (QED) is 0.793. The smallest absolute Gasteiger partial charge is 0.246 e. The molecule has 0 bridgehead atoms. The molecule has 0 spiro atoms. The van der Waals surface area contributed by atoms with Gasteiger partial charge in [0.15, 0.2) is 0 Å². The van der Waals surface area contributed by atoms with E-state index >= 15 is 0 Å². The Morgan fingerprint density at radius 2 is 1.92 bits per heavy atom. The summed E-state index contributed by atoms with van der Waals surface area (Å²) < 4.78 is 0. The van der Waals surface area contributed by atoms with Crippen LogP contribution in [0.1, 0.15) is 39.7 Å². The van der Waals surface area contributed by atoms with E-state index in [9.17, 15) is 4.79 Å². The number of hydrogen-bond acceptors (Lipinski definition) is 5. The standard InChI is InChI=1S/C16H24N6O.ClH/c1-4-16(17,5-2)11-18-15(23)12(3)22-20-14(19-21-22)13-9-7-6-8-10-13;/h6-10,12H,4-5,11,17H2,1-3H3,(H,18,23);1H. The molecule has 1 aromatic heterocycles. The number of rotatable bonds is 7. The van der Waals surface area contributed by atoms with Crippen LogP contribution in [0.3, 0.4) is 0 Å². The summed E-state index contributed by atoms with van der Waals surface area (Å²) in [6, 6.07) is 8.99. The Kier molecular flexibility index (Phi) is 7.31. The molecular formula is C16H25ClN6O. The van der Waals surface area contributed by atoms with Crippen molar-refractivity contribution in [3.8, 4) is 11.4 Å². The Bertz CT molecular complexity index is 641. The number of hydrogen-bond donors (Lipinski definition) is 2. The second kappa shape index (κ2) is 8.75. The molecule has 0 radical (unpaired) electrons. The highest BCUT2D eigenvalue weighted by molar-refractivity contribution is 5.85. The van der Waals surface area contributed by atoms with Crippen molar-refractivity contribution in [1.82, 2.24) is 25.5 Å². The van der Waals surface area contributed by atoms with E-state index in [0.29, 0.717) is 12.4 Å². The Hall–Kier alpha value is -1.99. The number of aromatic nitrogens is 4. The molecule has 2 rings (SSSR count). The minimum Gasteiger partial charge on any atom is -0.352 e. The summed E-state index contributed by atoms with van der Waals surface area (Å²) in [6.45, 7) is 6.21. The summed E-state index contributed by atoms with van der Waals surface area (Å²) in [4.78, 5) is 13.6. The molecule has 24 heavy (non-hydrogen) atoms. The van der Waals surface area contributed by atoms with Crippen LogP contribution in [0, 0.1) is 0 Å². The zero-order valence-corrected chi connectivity index (χ0v) is 15.1. The molecule has 3 N–H and O–H groups in total. The minimum absolute atomic E-state index is 0. The van der Waals surface area contributed by atoms with Gasteiger partial charge in [-0.15, -0.1) is 22.6 Å². The van der Waals surface area contributed by atoms with Crippen LogP contribution in [0.15, 0.2) is 30.3 Å². The van der Waals surface area contributed by atoms with Gasteiger partial charge in [-0.2, -0.15) is 4.80 Å². The fourth-order valence-electron chi connectivity index (χ4n) is 2.11. The van der Waals surface area contributed by atoms with E-state index in [-0.39, 0.29) is 23.9 Å². The summed E-state index contributed by atoms with van der Waals surface area (Å²) in [5.74, 6) is 0.333. The van der Waals surface area contributed by atoms with Crippen molar-refractivity contribution in [1.29, 1.82) is 0 Å². The first kappa shape index (κ1) is 20.1. The van der Waals surface area contributed by atoms with Gasteiger partial charge in [-0.3, -0.25) is 4.79 Å². The lowest BCUT2D eigenvalue weighted by Gasteiger charge is -2.27. The Morgan fingerprint density at radius 3 is 2.50 bits per heavy atom. The van der Waals surface area contributed by atoms with Crippen LogP contribution in [0.4, 0.5) is 0 Å². The zero-order valence-electron chi connectivity index (χ0n) is 14.3. The van der Waals surface area contributed by atoms with E-state index in [1.165, 1.54) is 4.80 Å². The summed E-state index contributed by atoms with van der Waals surface area (Å²) >= 11 is 0. The number of benzene rings is 1. The molecule has 0 saturated carbocycles. The largest absolute Gasteiger partial charge is 0.352 e. The van der Waals surface area contributed by atoms with Gasteiger partial charge in [0.05, 0.1) is 0 Å². The lowest BCUT2D eigenvalue weighted by molar-refractivity contribution is -0.124. The van der Waals surface area contributed by atoms with Crippen molar-refractivity contribution >= 4 is 18.3 Å². The predicted octanol–water partition coefficient (Wildman–Crippen LogP) is 1.96. The Balaban J connectivity index is 0.00000288. The van der Waals surface area contributed by atoms with Gasteiger partial charge in [-0.05, 0) is 25.0 Å². The fourth-order valence-corrected chi connectivity index (χ4v) is 2.11. The van der Waals surface area contributed by atoms with Gasteiger partial charge in [0.2, 0.25) is 11.7 Å². The molecule has 8 heteroatoms. The van der Waals surface area contributed by atoms with Gasteiger partial charge in [-0.25, -0.2) is 0 Å². The topological polar surface area (TPSA) is 98.7 Å². The average molecular weight is 353 g/mol. The third-order valence-electron chi connectivity index (χ3n) is 4.21. The number of amides is 1. The molecule has 0 saturated heterocycles. The molecular weight excluding hydrogens is 328 g/mol. The van der Waals surface area contributed by atoms with Crippen molar-refractivity contribution in [3.05, 3.63) is 30.3 Å². The number of carbonyl (C=O) groups excluding carboxylic acids is 1. The minimum atomic E-state index is -0.544. The first-order valence-corrected chi connectivity index (χ1v) is 7.90. The van der Waals surface area contributed by atoms with Crippen molar-refractivity contribution in [2.45, 2.75) is 45.2 Å². The van der Waals surface area contributed by atoms with E-state index in [0.717, 1.165) is 18.4 Å². The van der Waals surface area contributed by atoms with Gasteiger partial charge in [0.25, 0.3) is 0 Å². The second-order valence-corrected chi connectivity index (χ2v) is 5.76. The van der Waals surface area contributed by atoms with E-state index in [2.05, 4.69) is 20.7 Å². The van der Waals surface area contributed by atoms with Crippen molar-refractivity contribution in [2.24, 2.45) is 5.73 Å². The van der Waals surface area contributed by atoms with Crippen LogP contribution in [0.5, 0.6) is 0 Å². The van der Waals surface area contributed by atoms with E-state index < -0.39 is 6.04 Å². The van der Waals surface area contributed by atoms with Crippen molar-refractivity contribution in [3.63, 3.8) is 0 Å². The summed E-state index contributed by atoms with van der Waals surface area (Å²) in [5.41, 5.74) is 6.69. The van der Waals surface area contributed by atoms with Gasteiger partial charge in [0, 0.05) is 17.6 Å². The molecule has 132 valence electrons. The molecule has 1 aromatic carbocycles. The highest BCUT2D eigenvalue weighted by Gasteiger charge is 2.24. The van der Waals surface area contributed by atoms with Gasteiger partial charge >= 0.3 is 0 Å². The Morgan fingerprint density at radius 1 is 1.29 bits per heavy atom. The molecule has 1 unspecified atom stereocenters. The number of halogens is 1. The molecule has 2 aromatic rings. The van der Waals surface area contributed by atoms with Crippen LogP contribution >= 0.6 is 12.4 Å². The Labute approximate surface area is 148 Å². The summed E-state index contributed by atoms with van der Waals surface area (Å²) in [6.07, 6.45) is 1.61. The SMILES string of the molecule is CCC(N)(CC)CNC(=O)C(C)n1nnc(-c2ccccc2)n1.Cl. The third kappa shape index (κ3) is 4.75. The molecule has 7 nitrogen and oxygen atoms in total. The number of tetrazole rings is 1. The van der Waals surface area contributed by atoms with Crippen molar-refractivity contribution in [2.75, 3.05) is 6.54 Å². The van der Waals surface area contributed by atoms with Crippen LogP contribution in [-0.2, 0) is 4.79 Å². The second-order valence-electron chi connectivity index (χ2n) is 5.76. The lowest BCUT2D eigenvalue weighted by atomic mass is 9.94. The fraction of sp³-hybridized carbons (Fsp3) is 0.500. The lowest BCUT2D eigenvalue weighted by Crippen LogP contribution is -2.50. The first-order valence-electron chi connectivity index (χ1n) is 7.90. The molecule has 0 aliphatic rings. The van der Waals surface area contributed by atoms with Crippen LogP contribution in [0.25, 0.3) is 11.4 Å². The molecule has 0 fully saturated rings. The maximum atomic E-state index is 12.3. The van der Waals surface area contributed by atoms with Crippen LogP contribution in [-0.4, -0.2) is 38.2 Å². The molecule has 0 aliphatic carbocycles. The van der Waals surface area contributed by atoms with E-state index in [4.69, 9.17) is 5.73 Å². The molecule has 1 heterocycles. The molecule has 1 atom stereocenters.